The number of aromatic nitrogens is 2. The number of thioether (sulfide) groups is 1. The van der Waals surface area contributed by atoms with Gasteiger partial charge in [0.2, 0.25) is 0 Å². The van der Waals surface area contributed by atoms with Crippen LogP contribution < -0.4 is 5.56 Å². The normalized spacial score (nSPS) is 14.4. The molecule has 0 bridgehead atoms. The standard InChI is InChI=1S/C19H18N2OS2/c1-23-13-9-6-12(7-10-13)8-11-16-20-18(22)17-14-4-2-3-5-15(14)24-19(17)21-16/h6-11H,2-5H2,1H3,(H,20,21,22)/b11-8+. The summed E-state index contributed by atoms with van der Waals surface area (Å²) in [6.45, 7) is 0. The zero-order chi connectivity index (χ0) is 16.5. The van der Waals surface area contributed by atoms with E-state index >= 15 is 0 Å². The number of hydrogen-bond acceptors (Lipinski definition) is 4. The van der Waals surface area contributed by atoms with Crippen molar-refractivity contribution in [2.24, 2.45) is 0 Å². The lowest BCUT2D eigenvalue weighted by Crippen LogP contribution is -2.11. The fourth-order valence-electron chi connectivity index (χ4n) is 3.15. The number of benzene rings is 1. The van der Waals surface area contributed by atoms with Crippen molar-refractivity contribution in [2.45, 2.75) is 30.6 Å². The molecular formula is C19H18N2OS2. The number of aromatic amines is 1. The number of rotatable bonds is 3. The monoisotopic (exact) mass is 354 g/mol. The Morgan fingerprint density at radius 3 is 2.75 bits per heavy atom. The molecule has 0 saturated heterocycles. The van der Waals surface area contributed by atoms with Crippen LogP contribution in [-0.2, 0) is 12.8 Å². The van der Waals surface area contributed by atoms with E-state index in [0.29, 0.717) is 5.82 Å². The molecule has 0 unspecified atom stereocenters. The van der Waals surface area contributed by atoms with Gasteiger partial charge in [-0.3, -0.25) is 4.79 Å². The molecule has 1 aliphatic carbocycles. The van der Waals surface area contributed by atoms with E-state index in [4.69, 9.17) is 0 Å². The summed E-state index contributed by atoms with van der Waals surface area (Å²) in [4.78, 5) is 23.6. The molecule has 1 N–H and O–H groups in total. The highest BCUT2D eigenvalue weighted by Crippen LogP contribution is 2.33. The van der Waals surface area contributed by atoms with Crippen molar-refractivity contribution < 1.29 is 0 Å². The lowest BCUT2D eigenvalue weighted by atomic mass is 9.97. The van der Waals surface area contributed by atoms with E-state index < -0.39 is 0 Å². The molecule has 122 valence electrons. The molecule has 0 saturated carbocycles. The second-order valence-electron chi connectivity index (χ2n) is 5.95. The van der Waals surface area contributed by atoms with Crippen LogP contribution in [0.1, 0.15) is 34.7 Å². The van der Waals surface area contributed by atoms with Gasteiger partial charge in [0.05, 0.1) is 5.39 Å². The average Bonchev–Trinajstić information content (AvgIpc) is 2.99. The topological polar surface area (TPSA) is 45.8 Å². The van der Waals surface area contributed by atoms with Crippen LogP contribution in [0.2, 0.25) is 0 Å². The molecule has 0 radical (unpaired) electrons. The molecule has 2 heterocycles. The van der Waals surface area contributed by atoms with Crippen LogP contribution in [0.4, 0.5) is 0 Å². The maximum Gasteiger partial charge on any atom is 0.260 e. The molecular weight excluding hydrogens is 336 g/mol. The Bertz CT molecular complexity index is 967. The van der Waals surface area contributed by atoms with E-state index in [1.807, 2.05) is 12.2 Å². The Labute approximate surface area is 148 Å². The van der Waals surface area contributed by atoms with Crippen LogP contribution >= 0.6 is 23.1 Å². The lowest BCUT2D eigenvalue weighted by Gasteiger charge is -2.09. The molecule has 0 aliphatic heterocycles. The summed E-state index contributed by atoms with van der Waals surface area (Å²) < 4.78 is 0. The third-order valence-corrected chi connectivity index (χ3v) is 6.32. The van der Waals surface area contributed by atoms with Gasteiger partial charge in [0.25, 0.3) is 5.56 Å². The summed E-state index contributed by atoms with van der Waals surface area (Å²) in [5, 5.41) is 0.816. The Morgan fingerprint density at radius 2 is 1.96 bits per heavy atom. The van der Waals surface area contributed by atoms with E-state index in [1.165, 1.54) is 28.2 Å². The fraction of sp³-hybridized carbons (Fsp3) is 0.263. The Balaban J connectivity index is 1.69. The summed E-state index contributed by atoms with van der Waals surface area (Å²) in [5.41, 5.74) is 2.33. The number of nitrogens with one attached hydrogen (secondary N) is 1. The molecule has 4 rings (SSSR count). The van der Waals surface area contributed by atoms with Crippen molar-refractivity contribution in [3.63, 3.8) is 0 Å². The highest BCUT2D eigenvalue weighted by atomic mass is 32.2. The van der Waals surface area contributed by atoms with Gasteiger partial charge < -0.3 is 4.98 Å². The summed E-state index contributed by atoms with van der Waals surface area (Å²) in [7, 11) is 0. The first-order valence-electron chi connectivity index (χ1n) is 8.11. The second kappa shape index (κ2) is 6.57. The minimum Gasteiger partial charge on any atom is -0.306 e. The van der Waals surface area contributed by atoms with Gasteiger partial charge in [0.1, 0.15) is 10.7 Å². The number of H-pyrrole nitrogens is 1. The van der Waals surface area contributed by atoms with Gasteiger partial charge in [-0.2, -0.15) is 0 Å². The Morgan fingerprint density at radius 1 is 1.17 bits per heavy atom. The first-order valence-corrected chi connectivity index (χ1v) is 10.2. The molecule has 3 nitrogen and oxygen atoms in total. The van der Waals surface area contributed by atoms with E-state index in [9.17, 15) is 4.79 Å². The number of hydrogen-bond donors (Lipinski definition) is 1. The van der Waals surface area contributed by atoms with Gasteiger partial charge >= 0.3 is 0 Å². The zero-order valence-corrected chi connectivity index (χ0v) is 15.1. The van der Waals surface area contributed by atoms with Crippen LogP contribution in [0.5, 0.6) is 0 Å². The van der Waals surface area contributed by atoms with Gasteiger partial charge in [-0.15, -0.1) is 23.1 Å². The van der Waals surface area contributed by atoms with Crippen LogP contribution in [0.3, 0.4) is 0 Å². The van der Waals surface area contributed by atoms with Crippen LogP contribution in [-0.4, -0.2) is 16.2 Å². The van der Waals surface area contributed by atoms with Crippen LogP contribution in [0, 0.1) is 0 Å². The van der Waals surface area contributed by atoms with Gasteiger partial charge in [0, 0.05) is 9.77 Å². The van der Waals surface area contributed by atoms with Crippen molar-refractivity contribution in [1.29, 1.82) is 0 Å². The van der Waals surface area contributed by atoms with Gasteiger partial charge in [-0.25, -0.2) is 4.98 Å². The van der Waals surface area contributed by atoms with Gasteiger partial charge in [-0.1, -0.05) is 18.2 Å². The van der Waals surface area contributed by atoms with Crippen molar-refractivity contribution in [3.8, 4) is 0 Å². The first-order chi connectivity index (χ1) is 11.7. The predicted octanol–water partition coefficient (Wildman–Crippen LogP) is 4.76. The lowest BCUT2D eigenvalue weighted by molar-refractivity contribution is 0.700. The highest BCUT2D eigenvalue weighted by Gasteiger charge is 2.19. The highest BCUT2D eigenvalue weighted by molar-refractivity contribution is 7.98. The molecule has 24 heavy (non-hydrogen) atoms. The molecule has 2 aromatic heterocycles. The Hall–Kier alpha value is -1.85. The first kappa shape index (κ1) is 15.7. The smallest absolute Gasteiger partial charge is 0.260 e. The average molecular weight is 355 g/mol. The van der Waals surface area contributed by atoms with Crippen LogP contribution in [0.15, 0.2) is 34.0 Å². The third-order valence-electron chi connectivity index (χ3n) is 4.39. The number of aryl methyl sites for hydroxylation is 2. The molecule has 1 aromatic carbocycles. The molecule has 0 fully saturated rings. The number of fused-ring (bicyclic) bond motifs is 3. The van der Waals surface area contributed by atoms with Crippen molar-refractivity contribution in [1.82, 2.24) is 9.97 Å². The van der Waals surface area contributed by atoms with E-state index in [2.05, 4.69) is 40.5 Å². The van der Waals surface area contributed by atoms with Gasteiger partial charge in [-0.05, 0) is 61.3 Å². The largest absolute Gasteiger partial charge is 0.306 e. The molecule has 1 aliphatic rings. The van der Waals surface area contributed by atoms with E-state index in [1.54, 1.807) is 23.1 Å². The third kappa shape index (κ3) is 2.94. The number of nitrogens with zero attached hydrogens (tertiary/aromatic N) is 1. The van der Waals surface area contributed by atoms with E-state index in [-0.39, 0.29) is 5.56 Å². The summed E-state index contributed by atoms with van der Waals surface area (Å²) >= 11 is 3.41. The van der Waals surface area contributed by atoms with Crippen molar-refractivity contribution in [3.05, 3.63) is 56.4 Å². The van der Waals surface area contributed by atoms with E-state index in [0.717, 1.165) is 28.6 Å². The molecule has 0 atom stereocenters. The minimum atomic E-state index is -0.00298. The predicted molar refractivity (Wildman–Crippen MR) is 104 cm³/mol. The van der Waals surface area contributed by atoms with Gasteiger partial charge in [0.15, 0.2) is 0 Å². The zero-order valence-electron chi connectivity index (χ0n) is 13.5. The Kier molecular flexibility index (Phi) is 4.29. The van der Waals surface area contributed by atoms with Crippen LogP contribution in [0.25, 0.3) is 22.4 Å². The van der Waals surface area contributed by atoms with Crippen molar-refractivity contribution >= 4 is 45.5 Å². The maximum absolute atomic E-state index is 12.5. The molecule has 5 heteroatoms. The maximum atomic E-state index is 12.5. The van der Waals surface area contributed by atoms with Crippen molar-refractivity contribution in [2.75, 3.05) is 6.26 Å². The quantitative estimate of drug-likeness (QED) is 0.690. The number of thiophene rings is 1. The summed E-state index contributed by atoms with van der Waals surface area (Å²) in [6.07, 6.45) is 10.4. The summed E-state index contributed by atoms with van der Waals surface area (Å²) in [6, 6.07) is 8.33. The summed E-state index contributed by atoms with van der Waals surface area (Å²) in [5.74, 6) is 0.625. The minimum absolute atomic E-state index is 0.00298. The SMILES string of the molecule is CSc1ccc(/C=C/c2nc3sc4c(c3c(=O)[nH]2)CCCC4)cc1. The second-order valence-corrected chi connectivity index (χ2v) is 7.91. The molecule has 3 aromatic rings. The fourth-order valence-corrected chi connectivity index (χ4v) is 4.83. The molecule has 0 spiro atoms. The molecule has 0 amide bonds.